The molecular weight excluding hydrogens is 72.9 g/mol. The molecule has 1 aliphatic heterocycles. The second-order valence-corrected chi connectivity index (χ2v) is 1.45. The summed E-state index contributed by atoms with van der Waals surface area (Å²) < 4.78 is 0. The van der Waals surface area contributed by atoms with E-state index in [0.29, 0.717) is 0 Å². The summed E-state index contributed by atoms with van der Waals surface area (Å²) in [7, 11) is 1.84. The molecular formula is C4H6BN. The monoisotopic (exact) mass is 79.1 g/mol. The molecule has 30 valence electrons. The van der Waals surface area contributed by atoms with Crippen LogP contribution in [0.15, 0.2) is 4.90 Å². The zero-order valence-corrected chi connectivity index (χ0v) is 3.81. The van der Waals surface area contributed by atoms with Gasteiger partial charge in [-0.2, -0.15) is 0 Å². The van der Waals surface area contributed by atoms with Gasteiger partial charge in [-0.15, -0.1) is 0 Å². The summed E-state index contributed by atoms with van der Waals surface area (Å²) in [5.41, 5.74) is 1.22. The van der Waals surface area contributed by atoms with Gasteiger partial charge in [-0.3, -0.25) is 0 Å². The van der Waals surface area contributed by atoms with Crippen LogP contribution in [0.3, 0.4) is 0 Å². The molecule has 0 aromatic carbocycles. The van der Waals surface area contributed by atoms with Crippen LogP contribution in [0.1, 0.15) is 13.3 Å². The maximum absolute atomic E-state index is 3.97. The molecule has 0 spiro atoms. The Morgan fingerprint density at radius 2 is 2.83 bits per heavy atom. The fourth-order valence-electron chi connectivity index (χ4n) is 0.456. The Kier molecular flexibility index (Phi) is 0.865. The molecule has 0 unspecified atom stereocenters. The number of rotatable bonds is 0. The van der Waals surface area contributed by atoms with E-state index in [4.69, 9.17) is 0 Å². The van der Waals surface area contributed by atoms with E-state index in [0.717, 1.165) is 6.42 Å². The summed E-state index contributed by atoms with van der Waals surface area (Å²) in [6.07, 6.45) is 1.06. The summed E-state index contributed by atoms with van der Waals surface area (Å²) in [6.45, 7) is 2.03. The topological polar surface area (TPSA) is 12.4 Å². The van der Waals surface area contributed by atoms with Gasteiger partial charge in [-0.25, -0.2) is 0 Å². The Morgan fingerprint density at radius 1 is 2.00 bits per heavy atom. The predicted octanol–water partition coefficient (Wildman–Crippen LogP) is 0.272. The van der Waals surface area contributed by atoms with E-state index in [9.17, 15) is 0 Å². The fraction of sp³-hybridized carbons (Fsp3) is 0.500. The van der Waals surface area contributed by atoms with Crippen LogP contribution in [0.5, 0.6) is 0 Å². The van der Waals surface area contributed by atoms with Crippen molar-refractivity contribution >= 4 is 18.7 Å². The van der Waals surface area contributed by atoms with Crippen molar-refractivity contribution in [3.8, 4) is 0 Å². The van der Waals surface area contributed by atoms with Gasteiger partial charge in [-0.05, 0) is 0 Å². The van der Waals surface area contributed by atoms with Crippen LogP contribution >= 0.6 is 0 Å². The molecule has 1 aliphatic rings. The van der Waals surface area contributed by atoms with Crippen LogP contribution in [0.2, 0.25) is 0 Å². The van der Waals surface area contributed by atoms with Crippen LogP contribution in [-0.4, -0.2) is 18.7 Å². The van der Waals surface area contributed by atoms with Gasteiger partial charge in [0.2, 0.25) is 0 Å². The fourth-order valence-corrected chi connectivity index (χ4v) is 0.456. The average Bonchev–Trinajstić information content (AvgIpc) is 1.86. The van der Waals surface area contributed by atoms with Crippen LogP contribution < -0.4 is 0 Å². The molecule has 0 aromatic heterocycles. The summed E-state index contributed by atoms with van der Waals surface area (Å²) in [4.78, 5) is 3.97. The molecule has 0 saturated heterocycles. The Morgan fingerprint density at radius 3 is 3.00 bits per heavy atom. The van der Waals surface area contributed by atoms with E-state index in [-0.39, 0.29) is 0 Å². The summed E-state index contributed by atoms with van der Waals surface area (Å²) in [5, 5.41) is 0. The van der Waals surface area contributed by atoms with Crippen LogP contribution in [0, 0.1) is 0 Å². The molecule has 0 bridgehead atoms. The van der Waals surface area contributed by atoms with Crippen molar-refractivity contribution in [2.75, 3.05) is 0 Å². The number of hydrogen-bond acceptors (Lipinski definition) is 1. The molecule has 0 N–H and O–H groups in total. The first-order chi connectivity index (χ1) is 2.89. The van der Waals surface area contributed by atoms with Gasteiger partial charge >= 0.3 is 37.0 Å². The van der Waals surface area contributed by atoms with Crippen molar-refractivity contribution in [1.29, 1.82) is 0 Å². The SMILES string of the molecule is CC1=NB=CC1. The molecule has 1 rings (SSSR count). The normalized spacial score (nSPS) is 17.2. The van der Waals surface area contributed by atoms with Crippen molar-refractivity contribution in [3.05, 3.63) is 0 Å². The standard InChI is InChI=1S/C4H6BN/c1-4-2-3-5-6-4/h3H,2H2,1H3. The van der Waals surface area contributed by atoms with Crippen molar-refractivity contribution in [1.82, 2.24) is 0 Å². The molecule has 0 aliphatic carbocycles. The number of hydrogen-bond donors (Lipinski definition) is 0. The van der Waals surface area contributed by atoms with E-state index in [2.05, 4.69) is 10.9 Å². The molecule has 0 fully saturated rings. The molecule has 0 saturated carbocycles. The van der Waals surface area contributed by atoms with Gasteiger partial charge in [0.1, 0.15) is 0 Å². The first kappa shape index (κ1) is 3.78. The van der Waals surface area contributed by atoms with E-state index in [1.165, 1.54) is 5.71 Å². The second-order valence-electron chi connectivity index (χ2n) is 1.45. The Balaban J connectivity index is 2.61. The molecule has 2 heteroatoms. The van der Waals surface area contributed by atoms with Crippen molar-refractivity contribution in [3.63, 3.8) is 0 Å². The van der Waals surface area contributed by atoms with Crippen molar-refractivity contribution in [2.45, 2.75) is 13.3 Å². The maximum atomic E-state index is 3.97. The van der Waals surface area contributed by atoms with E-state index in [1.54, 1.807) is 0 Å². The summed E-state index contributed by atoms with van der Waals surface area (Å²) in [6, 6.07) is 0. The Bertz CT molecular complexity index is 104. The van der Waals surface area contributed by atoms with Gasteiger partial charge in [0.15, 0.2) is 0 Å². The van der Waals surface area contributed by atoms with Crippen molar-refractivity contribution < 1.29 is 0 Å². The molecule has 0 atom stereocenters. The summed E-state index contributed by atoms with van der Waals surface area (Å²) in [5.74, 6) is 2.05. The zero-order valence-electron chi connectivity index (χ0n) is 3.81. The third-order valence-electron chi connectivity index (χ3n) is 0.814. The van der Waals surface area contributed by atoms with Gasteiger partial charge in [0, 0.05) is 0 Å². The molecule has 6 heavy (non-hydrogen) atoms. The summed E-state index contributed by atoms with van der Waals surface area (Å²) >= 11 is 0. The zero-order chi connectivity index (χ0) is 4.41. The Labute approximate surface area is 38.0 Å². The van der Waals surface area contributed by atoms with E-state index in [1.807, 2.05) is 14.0 Å². The van der Waals surface area contributed by atoms with Crippen LogP contribution in [-0.2, 0) is 0 Å². The third-order valence-corrected chi connectivity index (χ3v) is 0.814. The van der Waals surface area contributed by atoms with Crippen molar-refractivity contribution in [2.24, 2.45) is 4.90 Å². The van der Waals surface area contributed by atoms with Crippen LogP contribution in [0.4, 0.5) is 0 Å². The Hall–Kier alpha value is -0.395. The molecule has 0 radical (unpaired) electrons. The predicted molar refractivity (Wildman–Crippen MR) is 29.5 cm³/mol. The minimum absolute atomic E-state index is 1.06. The second kappa shape index (κ2) is 1.37. The van der Waals surface area contributed by atoms with Gasteiger partial charge in [0.25, 0.3) is 0 Å². The first-order valence-electron chi connectivity index (χ1n) is 2.08. The molecule has 0 amide bonds. The third kappa shape index (κ3) is 0.561. The van der Waals surface area contributed by atoms with Crippen LogP contribution in [0.25, 0.3) is 0 Å². The van der Waals surface area contributed by atoms with E-state index >= 15 is 0 Å². The van der Waals surface area contributed by atoms with E-state index < -0.39 is 0 Å². The first-order valence-corrected chi connectivity index (χ1v) is 2.08. The quantitative estimate of drug-likeness (QED) is 0.369. The molecule has 0 aromatic rings. The average molecular weight is 78.9 g/mol. The molecule has 1 heterocycles. The van der Waals surface area contributed by atoms with Gasteiger partial charge < -0.3 is 0 Å². The number of nitrogens with zero attached hydrogens (tertiary/aromatic N) is 1. The van der Waals surface area contributed by atoms with Gasteiger partial charge in [-0.1, -0.05) is 0 Å². The minimum atomic E-state index is 1.06. The molecule has 1 nitrogen and oxygen atoms in total. The van der Waals surface area contributed by atoms with Gasteiger partial charge in [0.05, 0.1) is 0 Å².